The van der Waals surface area contributed by atoms with E-state index in [-0.39, 0.29) is 18.1 Å². The van der Waals surface area contributed by atoms with E-state index < -0.39 is 10.0 Å². The van der Waals surface area contributed by atoms with Crippen LogP contribution >= 0.6 is 0 Å². The Hall–Kier alpha value is -3.27. The van der Waals surface area contributed by atoms with Gasteiger partial charge in [-0.15, -0.1) is 5.10 Å². The molecule has 1 heterocycles. The molecule has 0 aliphatic heterocycles. The van der Waals surface area contributed by atoms with Crippen LogP contribution in [0.4, 0.5) is 11.4 Å². The Morgan fingerprint density at radius 1 is 1.04 bits per heavy atom. The Morgan fingerprint density at radius 2 is 1.71 bits per heavy atom. The summed E-state index contributed by atoms with van der Waals surface area (Å²) in [6.07, 6.45) is 2.24. The van der Waals surface area contributed by atoms with Crippen molar-refractivity contribution in [1.29, 1.82) is 0 Å². The lowest BCUT2D eigenvalue weighted by Crippen LogP contribution is -2.16. The van der Waals surface area contributed by atoms with E-state index in [1.807, 2.05) is 24.3 Å². The molecule has 28 heavy (non-hydrogen) atoms. The number of nitrogens with one attached hydrogen (secondary N) is 2. The molecule has 0 saturated carbocycles. The van der Waals surface area contributed by atoms with Gasteiger partial charge in [-0.2, -0.15) is 0 Å². The highest BCUT2D eigenvalue weighted by Crippen LogP contribution is 2.16. The molecule has 0 atom stereocenters. The molecule has 0 aliphatic rings. The topological polar surface area (TPSA) is 119 Å². The van der Waals surface area contributed by atoms with E-state index in [1.54, 1.807) is 31.2 Å². The number of nitrogens with zero attached hydrogens (tertiary/aromatic N) is 4. The van der Waals surface area contributed by atoms with Crippen LogP contribution < -0.4 is 10.0 Å². The number of anilines is 2. The van der Waals surface area contributed by atoms with Gasteiger partial charge in [0.15, 0.2) is 0 Å². The molecule has 1 amide bonds. The fraction of sp³-hybridized carbons (Fsp3) is 0.222. The summed E-state index contributed by atoms with van der Waals surface area (Å²) < 4.78 is 27.6. The first-order valence-corrected chi connectivity index (χ1v) is 10.3. The molecule has 2 aromatic carbocycles. The smallest absolute Gasteiger partial charge is 0.232 e. The van der Waals surface area contributed by atoms with E-state index in [9.17, 15) is 13.2 Å². The second kappa shape index (κ2) is 8.61. The third-order valence-electron chi connectivity index (χ3n) is 3.83. The molecule has 0 radical (unpaired) electrons. The van der Waals surface area contributed by atoms with Crippen molar-refractivity contribution in [3.63, 3.8) is 0 Å². The Kier molecular flexibility index (Phi) is 5.99. The van der Waals surface area contributed by atoms with E-state index >= 15 is 0 Å². The molecule has 0 saturated heterocycles. The van der Waals surface area contributed by atoms with Crippen molar-refractivity contribution in [3.8, 4) is 5.69 Å². The van der Waals surface area contributed by atoms with E-state index in [1.165, 1.54) is 11.0 Å². The second-order valence-corrected chi connectivity index (χ2v) is 7.99. The van der Waals surface area contributed by atoms with E-state index in [0.717, 1.165) is 11.3 Å². The number of amides is 1. The van der Waals surface area contributed by atoms with Gasteiger partial charge in [0, 0.05) is 11.4 Å². The van der Waals surface area contributed by atoms with Gasteiger partial charge in [-0.3, -0.25) is 9.52 Å². The minimum absolute atomic E-state index is 0.0672. The lowest BCUT2D eigenvalue weighted by atomic mass is 10.1. The number of rotatable bonds is 8. The number of carbonyl (C=O) groups is 1. The van der Waals surface area contributed by atoms with Crippen LogP contribution in [0.2, 0.25) is 0 Å². The zero-order valence-corrected chi connectivity index (χ0v) is 16.1. The van der Waals surface area contributed by atoms with E-state index in [2.05, 4.69) is 25.6 Å². The monoisotopic (exact) mass is 400 g/mol. The molecule has 10 heteroatoms. The van der Waals surface area contributed by atoms with Crippen LogP contribution in [0.1, 0.15) is 18.9 Å². The predicted octanol–water partition coefficient (Wildman–Crippen LogP) is 2.00. The highest BCUT2D eigenvalue weighted by Gasteiger charge is 2.09. The van der Waals surface area contributed by atoms with Crippen LogP contribution in [0.5, 0.6) is 0 Å². The van der Waals surface area contributed by atoms with Gasteiger partial charge >= 0.3 is 0 Å². The SMILES string of the molecule is CCCS(=O)(=O)Nc1ccc(NC(=O)Cc2ccc(-n3cnnn3)cc2)cc1. The summed E-state index contributed by atoms with van der Waals surface area (Å²) in [6.45, 7) is 1.80. The number of aromatic nitrogens is 4. The molecule has 0 fully saturated rings. The molecule has 9 nitrogen and oxygen atoms in total. The lowest BCUT2D eigenvalue weighted by Gasteiger charge is -2.09. The molecule has 0 aliphatic carbocycles. The number of tetrazole rings is 1. The first-order chi connectivity index (χ1) is 13.4. The molecule has 1 aromatic heterocycles. The number of hydrogen-bond donors (Lipinski definition) is 2. The third-order valence-corrected chi connectivity index (χ3v) is 5.32. The largest absolute Gasteiger partial charge is 0.326 e. The maximum Gasteiger partial charge on any atom is 0.232 e. The van der Waals surface area contributed by atoms with Gasteiger partial charge in [-0.05, 0) is 58.8 Å². The standard InChI is InChI=1S/C18H20N6O3S/c1-2-11-28(26,27)21-16-7-5-15(6-8-16)20-18(25)12-14-3-9-17(10-4-14)24-13-19-22-23-24/h3-10,13,21H,2,11-12H2,1H3,(H,20,25). The molecule has 0 spiro atoms. The van der Waals surface area contributed by atoms with Crippen molar-refractivity contribution >= 4 is 27.3 Å². The molecule has 3 rings (SSSR count). The molecule has 2 N–H and O–H groups in total. The van der Waals surface area contributed by atoms with Gasteiger partial charge in [-0.1, -0.05) is 19.1 Å². The summed E-state index contributed by atoms with van der Waals surface area (Å²) in [4.78, 5) is 12.2. The molecular weight excluding hydrogens is 380 g/mol. The van der Waals surface area contributed by atoms with Crippen molar-refractivity contribution in [2.75, 3.05) is 15.8 Å². The summed E-state index contributed by atoms with van der Waals surface area (Å²) in [5.41, 5.74) is 2.70. The third kappa shape index (κ3) is 5.36. The van der Waals surface area contributed by atoms with Crippen LogP contribution in [0.15, 0.2) is 54.9 Å². The fourth-order valence-corrected chi connectivity index (χ4v) is 3.69. The van der Waals surface area contributed by atoms with Crippen molar-refractivity contribution in [2.24, 2.45) is 0 Å². The summed E-state index contributed by atoms with van der Waals surface area (Å²) >= 11 is 0. The van der Waals surface area contributed by atoms with Gasteiger partial charge in [-0.25, -0.2) is 13.1 Å². The maximum atomic E-state index is 12.2. The van der Waals surface area contributed by atoms with Gasteiger partial charge in [0.1, 0.15) is 6.33 Å². The van der Waals surface area contributed by atoms with Gasteiger partial charge < -0.3 is 5.32 Å². The number of sulfonamides is 1. The summed E-state index contributed by atoms with van der Waals surface area (Å²) in [5.74, 6) is -0.105. The van der Waals surface area contributed by atoms with Crippen molar-refractivity contribution in [2.45, 2.75) is 19.8 Å². The highest BCUT2D eigenvalue weighted by molar-refractivity contribution is 7.92. The number of carbonyl (C=O) groups excluding carboxylic acids is 1. The Balaban J connectivity index is 1.56. The van der Waals surface area contributed by atoms with Crippen molar-refractivity contribution < 1.29 is 13.2 Å². The lowest BCUT2D eigenvalue weighted by molar-refractivity contribution is -0.115. The average Bonchev–Trinajstić information content (AvgIpc) is 3.18. The minimum atomic E-state index is -3.33. The Bertz CT molecular complexity index is 1020. The first-order valence-electron chi connectivity index (χ1n) is 8.68. The van der Waals surface area contributed by atoms with Gasteiger partial charge in [0.25, 0.3) is 0 Å². The zero-order chi connectivity index (χ0) is 20.0. The first kappa shape index (κ1) is 19.5. The maximum absolute atomic E-state index is 12.2. The van der Waals surface area contributed by atoms with Crippen molar-refractivity contribution in [3.05, 3.63) is 60.4 Å². The van der Waals surface area contributed by atoms with E-state index in [4.69, 9.17) is 0 Å². The van der Waals surface area contributed by atoms with Crippen molar-refractivity contribution in [1.82, 2.24) is 20.2 Å². The summed E-state index contributed by atoms with van der Waals surface area (Å²) in [6, 6.07) is 13.9. The van der Waals surface area contributed by atoms with Crippen LogP contribution in [0.3, 0.4) is 0 Å². The Morgan fingerprint density at radius 3 is 2.32 bits per heavy atom. The Labute approximate surface area is 162 Å². The molecule has 0 bridgehead atoms. The normalized spacial score (nSPS) is 11.2. The zero-order valence-electron chi connectivity index (χ0n) is 15.2. The number of hydrogen-bond acceptors (Lipinski definition) is 6. The molecule has 146 valence electrons. The van der Waals surface area contributed by atoms with Crippen LogP contribution in [-0.4, -0.2) is 40.3 Å². The minimum Gasteiger partial charge on any atom is -0.326 e. The quantitative estimate of drug-likeness (QED) is 0.597. The van der Waals surface area contributed by atoms with Crippen LogP contribution in [-0.2, 0) is 21.2 Å². The highest BCUT2D eigenvalue weighted by atomic mass is 32.2. The second-order valence-electron chi connectivity index (χ2n) is 6.14. The molecular formula is C18H20N6O3S. The molecule has 3 aromatic rings. The van der Waals surface area contributed by atoms with Gasteiger partial charge in [0.05, 0.1) is 17.9 Å². The fourth-order valence-electron chi connectivity index (χ4n) is 2.56. The van der Waals surface area contributed by atoms with Crippen LogP contribution in [0, 0.1) is 0 Å². The van der Waals surface area contributed by atoms with E-state index in [0.29, 0.717) is 17.8 Å². The van der Waals surface area contributed by atoms with Crippen LogP contribution in [0.25, 0.3) is 5.69 Å². The number of benzene rings is 2. The summed E-state index contributed by atoms with van der Waals surface area (Å²) in [5, 5.41) is 13.8. The molecule has 0 unspecified atom stereocenters. The average molecular weight is 400 g/mol. The van der Waals surface area contributed by atoms with Gasteiger partial charge in [0.2, 0.25) is 15.9 Å². The summed E-state index contributed by atoms with van der Waals surface area (Å²) in [7, 11) is -3.33. The predicted molar refractivity (Wildman–Crippen MR) is 106 cm³/mol.